The number of halogens is 1. The Kier molecular flexibility index (Phi) is 2.90. The Hall–Kier alpha value is -1.67. The molecule has 0 spiro atoms. The van der Waals surface area contributed by atoms with E-state index in [0.717, 1.165) is 0 Å². The molecule has 0 unspecified atom stereocenters. The van der Waals surface area contributed by atoms with Crippen molar-refractivity contribution in [3.8, 4) is 0 Å². The van der Waals surface area contributed by atoms with Crippen molar-refractivity contribution < 1.29 is 14.3 Å². The number of rotatable bonds is 2. The number of H-pyrrole nitrogens is 1. The van der Waals surface area contributed by atoms with Gasteiger partial charge in [-0.25, -0.2) is 0 Å². The maximum absolute atomic E-state index is 12.2. The van der Waals surface area contributed by atoms with E-state index in [-0.39, 0.29) is 12.5 Å². The summed E-state index contributed by atoms with van der Waals surface area (Å²) in [6.07, 6.45) is 3.30. The van der Waals surface area contributed by atoms with Crippen LogP contribution in [-0.4, -0.2) is 44.4 Å². The second kappa shape index (κ2) is 4.46. The summed E-state index contributed by atoms with van der Waals surface area (Å²) >= 11 is 3.15. The molecule has 1 aliphatic rings. The van der Waals surface area contributed by atoms with E-state index in [1.165, 1.54) is 12.5 Å². The molecule has 1 aliphatic heterocycles. The van der Waals surface area contributed by atoms with Gasteiger partial charge in [0.2, 0.25) is 0 Å². The number of furan rings is 1. The molecule has 7 nitrogen and oxygen atoms in total. The van der Waals surface area contributed by atoms with Gasteiger partial charge >= 0.3 is 0 Å². The van der Waals surface area contributed by atoms with Crippen molar-refractivity contribution in [1.29, 1.82) is 0 Å². The number of aromatic nitrogens is 3. The summed E-state index contributed by atoms with van der Waals surface area (Å²) in [6, 6.07) is 1.61. The molecule has 19 heavy (non-hydrogen) atoms. The Labute approximate surface area is 116 Å². The summed E-state index contributed by atoms with van der Waals surface area (Å²) < 4.78 is 5.55. The molecule has 2 aromatic rings. The quantitative estimate of drug-likeness (QED) is 0.854. The van der Waals surface area contributed by atoms with Gasteiger partial charge in [0.25, 0.3) is 5.91 Å². The summed E-state index contributed by atoms with van der Waals surface area (Å²) in [4.78, 5) is 13.8. The molecule has 1 saturated heterocycles. The lowest BCUT2D eigenvalue weighted by atomic mass is 10.00. The highest BCUT2D eigenvalue weighted by Crippen LogP contribution is 2.31. The molecule has 1 fully saturated rings. The van der Waals surface area contributed by atoms with Gasteiger partial charge in [0.1, 0.15) is 17.6 Å². The summed E-state index contributed by atoms with van der Waals surface area (Å²) in [6.45, 7) is 0.659. The SMILES string of the molecule is O=C(c1coc(Br)c1)N1CC[C@@](O)(c2cn[nH]n2)C1. The second-order valence-corrected chi connectivity index (χ2v) is 5.28. The smallest absolute Gasteiger partial charge is 0.257 e. The molecule has 0 radical (unpaired) electrons. The Morgan fingerprint density at radius 1 is 1.63 bits per heavy atom. The average Bonchev–Trinajstić information content (AvgIpc) is 3.07. The number of aromatic amines is 1. The monoisotopic (exact) mass is 326 g/mol. The third-order valence-electron chi connectivity index (χ3n) is 3.24. The van der Waals surface area contributed by atoms with E-state index in [0.29, 0.717) is 28.9 Å². The van der Waals surface area contributed by atoms with Gasteiger partial charge in [-0.15, -0.1) is 0 Å². The highest BCUT2D eigenvalue weighted by molar-refractivity contribution is 9.10. The van der Waals surface area contributed by atoms with Gasteiger partial charge in [-0.3, -0.25) is 4.79 Å². The van der Waals surface area contributed by atoms with Crippen LogP contribution in [-0.2, 0) is 5.60 Å². The molecule has 0 bridgehead atoms. The van der Waals surface area contributed by atoms with Crippen molar-refractivity contribution >= 4 is 21.8 Å². The first-order chi connectivity index (χ1) is 9.08. The highest BCUT2D eigenvalue weighted by atomic mass is 79.9. The summed E-state index contributed by atoms with van der Waals surface area (Å²) in [5.74, 6) is -0.172. The van der Waals surface area contributed by atoms with Gasteiger partial charge in [-0.2, -0.15) is 15.4 Å². The Morgan fingerprint density at radius 3 is 3.11 bits per heavy atom. The first kappa shape index (κ1) is 12.4. The molecule has 3 rings (SSSR count). The first-order valence-corrected chi connectivity index (χ1v) is 6.50. The minimum Gasteiger partial charge on any atom is -0.457 e. The lowest BCUT2D eigenvalue weighted by Gasteiger charge is -2.20. The lowest BCUT2D eigenvalue weighted by molar-refractivity contribution is 0.0382. The van der Waals surface area contributed by atoms with Gasteiger partial charge in [-0.05, 0) is 15.9 Å². The van der Waals surface area contributed by atoms with Crippen molar-refractivity contribution in [2.45, 2.75) is 12.0 Å². The fraction of sp³-hybridized carbons (Fsp3) is 0.364. The number of hydrogen-bond acceptors (Lipinski definition) is 5. The van der Waals surface area contributed by atoms with E-state index in [1.54, 1.807) is 11.0 Å². The predicted octanol–water partition coefficient (Wildman–Crippen LogP) is 0.894. The van der Waals surface area contributed by atoms with Crippen LogP contribution < -0.4 is 0 Å². The predicted molar refractivity (Wildman–Crippen MR) is 67.2 cm³/mol. The largest absolute Gasteiger partial charge is 0.457 e. The highest BCUT2D eigenvalue weighted by Gasteiger charge is 2.41. The Bertz CT molecular complexity index is 597. The third-order valence-corrected chi connectivity index (χ3v) is 3.66. The molecule has 2 aromatic heterocycles. The number of hydrogen-bond donors (Lipinski definition) is 2. The number of likely N-dealkylation sites (tertiary alicyclic amines) is 1. The van der Waals surface area contributed by atoms with Gasteiger partial charge in [0, 0.05) is 19.0 Å². The number of aliphatic hydroxyl groups is 1. The Balaban J connectivity index is 1.77. The fourth-order valence-electron chi connectivity index (χ4n) is 2.21. The minimum absolute atomic E-state index is 0.172. The number of carbonyl (C=O) groups is 1. The number of nitrogens with one attached hydrogen (secondary N) is 1. The van der Waals surface area contributed by atoms with Gasteiger partial charge in [-0.1, -0.05) is 0 Å². The zero-order chi connectivity index (χ0) is 13.5. The van der Waals surface area contributed by atoms with Crippen LogP contribution in [0.4, 0.5) is 0 Å². The second-order valence-electron chi connectivity index (χ2n) is 4.50. The topological polar surface area (TPSA) is 95.3 Å². The van der Waals surface area contributed by atoms with Gasteiger partial charge < -0.3 is 14.4 Å². The summed E-state index contributed by atoms with van der Waals surface area (Å²) in [7, 11) is 0. The molecule has 2 N–H and O–H groups in total. The van der Waals surface area contributed by atoms with Gasteiger partial charge in [0.15, 0.2) is 4.67 Å². The van der Waals surface area contributed by atoms with E-state index in [1.807, 2.05) is 0 Å². The van der Waals surface area contributed by atoms with Crippen LogP contribution in [0.15, 0.2) is 27.6 Å². The number of nitrogens with zero attached hydrogens (tertiary/aromatic N) is 3. The van der Waals surface area contributed by atoms with E-state index in [9.17, 15) is 9.90 Å². The van der Waals surface area contributed by atoms with Gasteiger partial charge in [0.05, 0.1) is 18.3 Å². The Morgan fingerprint density at radius 2 is 2.47 bits per heavy atom. The van der Waals surface area contributed by atoms with E-state index < -0.39 is 5.60 Å². The van der Waals surface area contributed by atoms with Crippen LogP contribution in [0.1, 0.15) is 22.5 Å². The van der Waals surface area contributed by atoms with Crippen molar-refractivity contribution in [2.24, 2.45) is 0 Å². The molecule has 0 aliphatic carbocycles. The maximum atomic E-state index is 12.2. The van der Waals surface area contributed by atoms with Crippen LogP contribution in [0.3, 0.4) is 0 Å². The molecular formula is C11H11BrN4O3. The zero-order valence-corrected chi connectivity index (χ0v) is 11.4. The molecule has 3 heterocycles. The van der Waals surface area contributed by atoms with E-state index in [2.05, 4.69) is 31.3 Å². The number of β-amino-alcohol motifs (C(OH)–C–C–N with tert-alkyl or cyclic N) is 1. The number of amides is 1. The average molecular weight is 327 g/mol. The lowest BCUT2D eigenvalue weighted by Crippen LogP contribution is -2.34. The van der Waals surface area contributed by atoms with Crippen molar-refractivity contribution in [3.05, 3.63) is 34.5 Å². The molecule has 0 aromatic carbocycles. The van der Waals surface area contributed by atoms with Crippen LogP contribution in [0.2, 0.25) is 0 Å². The van der Waals surface area contributed by atoms with E-state index in [4.69, 9.17) is 4.42 Å². The molecule has 100 valence electrons. The molecule has 0 saturated carbocycles. The third kappa shape index (κ3) is 2.17. The maximum Gasteiger partial charge on any atom is 0.257 e. The summed E-state index contributed by atoms with van der Waals surface area (Å²) in [5.41, 5.74) is -0.226. The molecule has 8 heteroatoms. The van der Waals surface area contributed by atoms with Crippen LogP contribution in [0.5, 0.6) is 0 Å². The standard InChI is InChI=1S/C11H11BrN4O3/c12-9-3-7(5-19-9)10(17)16-2-1-11(18,6-16)8-4-13-15-14-8/h3-5,18H,1-2,6H2,(H,13,14,15)/t11-/m0/s1. The molecular weight excluding hydrogens is 316 g/mol. The van der Waals surface area contributed by atoms with Crippen molar-refractivity contribution in [2.75, 3.05) is 13.1 Å². The van der Waals surface area contributed by atoms with Crippen LogP contribution in [0.25, 0.3) is 0 Å². The fourth-order valence-corrected chi connectivity index (χ4v) is 2.55. The first-order valence-electron chi connectivity index (χ1n) is 5.70. The number of carbonyl (C=O) groups excluding carboxylic acids is 1. The molecule has 1 atom stereocenters. The van der Waals surface area contributed by atoms with E-state index >= 15 is 0 Å². The molecule has 1 amide bonds. The normalized spacial score (nSPS) is 22.9. The van der Waals surface area contributed by atoms with Crippen LogP contribution >= 0.6 is 15.9 Å². The summed E-state index contributed by atoms with van der Waals surface area (Å²) in [5, 5.41) is 20.5. The van der Waals surface area contributed by atoms with Crippen molar-refractivity contribution in [3.63, 3.8) is 0 Å². The zero-order valence-electron chi connectivity index (χ0n) is 9.84. The minimum atomic E-state index is -1.14. The van der Waals surface area contributed by atoms with Crippen LogP contribution in [0, 0.1) is 0 Å². The van der Waals surface area contributed by atoms with Crippen molar-refractivity contribution in [1.82, 2.24) is 20.3 Å².